The lowest BCUT2D eigenvalue weighted by molar-refractivity contribution is -0.119. The van der Waals surface area contributed by atoms with Gasteiger partial charge >= 0.3 is 0 Å². The fraction of sp³-hybridized carbons (Fsp3) is 0.522. The summed E-state index contributed by atoms with van der Waals surface area (Å²) in [6.45, 7) is 3.46. The number of ether oxygens (including phenoxy) is 1. The zero-order chi connectivity index (χ0) is 22.3. The Kier molecular flexibility index (Phi) is 7.97. The molecule has 1 saturated heterocycles. The summed E-state index contributed by atoms with van der Waals surface area (Å²) in [4.78, 5) is 25.9. The first-order chi connectivity index (χ1) is 15.6. The van der Waals surface area contributed by atoms with Crippen molar-refractivity contribution in [1.29, 1.82) is 0 Å². The average molecular weight is 476 g/mol. The number of rotatable bonds is 7. The van der Waals surface area contributed by atoms with Crippen molar-refractivity contribution in [2.45, 2.75) is 43.3 Å². The Balaban J connectivity index is 1.30. The number of hydrogen-bond acceptors (Lipinski definition) is 7. The highest BCUT2D eigenvalue weighted by Gasteiger charge is 2.20. The van der Waals surface area contributed by atoms with Gasteiger partial charge in [-0.25, -0.2) is 9.97 Å². The Morgan fingerprint density at radius 3 is 2.47 bits per heavy atom. The van der Waals surface area contributed by atoms with E-state index in [1.807, 2.05) is 12.1 Å². The summed E-state index contributed by atoms with van der Waals surface area (Å²) in [5, 5.41) is 4.09. The minimum atomic E-state index is 0.0418. The maximum atomic E-state index is 12.3. The Hall–Kier alpha value is -2.19. The summed E-state index contributed by atoms with van der Waals surface area (Å²) >= 11 is 7.62. The second-order valence-corrected chi connectivity index (χ2v) is 9.52. The van der Waals surface area contributed by atoms with Crippen molar-refractivity contribution < 1.29 is 9.53 Å². The first-order valence-corrected chi connectivity index (χ1v) is 12.6. The second-order valence-electron chi connectivity index (χ2n) is 8.19. The molecule has 9 heteroatoms. The maximum Gasteiger partial charge on any atom is 0.230 e. The molecule has 2 aliphatic rings. The highest BCUT2D eigenvalue weighted by molar-refractivity contribution is 7.99. The van der Waals surface area contributed by atoms with Gasteiger partial charge in [-0.1, -0.05) is 42.6 Å². The number of carbonyl (C=O) groups is 1. The Morgan fingerprint density at radius 1 is 1.09 bits per heavy atom. The first kappa shape index (κ1) is 23.0. The Bertz CT molecular complexity index is 900. The monoisotopic (exact) mass is 475 g/mol. The van der Waals surface area contributed by atoms with Crippen molar-refractivity contribution >= 4 is 40.8 Å². The largest absolute Gasteiger partial charge is 0.497 e. The average Bonchev–Trinajstić information content (AvgIpc) is 2.83. The molecule has 1 aromatic carbocycles. The molecule has 4 rings (SSSR count). The molecule has 1 aliphatic heterocycles. The molecular formula is C23H30ClN5O2S. The van der Waals surface area contributed by atoms with E-state index in [0.717, 1.165) is 50.6 Å². The van der Waals surface area contributed by atoms with Crippen molar-refractivity contribution in [3.63, 3.8) is 0 Å². The fourth-order valence-electron chi connectivity index (χ4n) is 4.25. The van der Waals surface area contributed by atoms with Crippen LogP contribution < -0.4 is 19.9 Å². The summed E-state index contributed by atoms with van der Waals surface area (Å²) in [6, 6.07) is 10.3. The quantitative estimate of drug-likeness (QED) is 0.368. The van der Waals surface area contributed by atoms with E-state index < -0.39 is 0 Å². The molecule has 1 amide bonds. The Labute approximate surface area is 198 Å². The molecule has 1 aromatic heterocycles. The van der Waals surface area contributed by atoms with Crippen LogP contribution in [0.2, 0.25) is 5.15 Å². The van der Waals surface area contributed by atoms with E-state index in [0.29, 0.717) is 22.1 Å². The van der Waals surface area contributed by atoms with Gasteiger partial charge in [-0.2, -0.15) is 0 Å². The van der Waals surface area contributed by atoms with Crippen LogP contribution in [0.1, 0.15) is 32.1 Å². The van der Waals surface area contributed by atoms with Crippen LogP contribution in [0.15, 0.2) is 35.5 Å². The minimum absolute atomic E-state index is 0.0418. The number of thioether (sulfide) groups is 1. The highest BCUT2D eigenvalue weighted by atomic mass is 35.5. The van der Waals surface area contributed by atoms with Gasteiger partial charge in [0.15, 0.2) is 5.16 Å². The van der Waals surface area contributed by atoms with Gasteiger partial charge in [0, 0.05) is 44.0 Å². The van der Waals surface area contributed by atoms with Crippen LogP contribution in [-0.2, 0) is 4.79 Å². The predicted molar refractivity (Wildman–Crippen MR) is 130 cm³/mol. The molecule has 0 spiro atoms. The molecule has 32 heavy (non-hydrogen) atoms. The summed E-state index contributed by atoms with van der Waals surface area (Å²) in [5.41, 5.74) is 1.19. The van der Waals surface area contributed by atoms with E-state index in [9.17, 15) is 4.79 Å². The van der Waals surface area contributed by atoms with Crippen LogP contribution in [0.3, 0.4) is 0 Å². The van der Waals surface area contributed by atoms with Gasteiger partial charge in [-0.05, 0) is 37.1 Å². The molecule has 2 heterocycles. The highest BCUT2D eigenvalue weighted by Crippen LogP contribution is 2.25. The zero-order valence-electron chi connectivity index (χ0n) is 18.4. The van der Waals surface area contributed by atoms with E-state index in [-0.39, 0.29) is 5.91 Å². The zero-order valence-corrected chi connectivity index (χ0v) is 20.0. The van der Waals surface area contributed by atoms with Gasteiger partial charge in [-0.15, -0.1) is 0 Å². The van der Waals surface area contributed by atoms with Crippen LogP contribution in [0.5, 0.6) is 5.75 Å². The number of nitrogens with one attached hydrogen (secondary N) is 1. The van der Waals surface area contributed by atoms with Gasteiger partial charge in [0.05, 0.1) is 12.9 Å². The van der Waals surface area contributed by atoms with Gasteiger partial charge in [-0.3, -0.25) is 4.79 Å². The molecule has 1 N–H and O–H groups in total. The van der Waals surface area contributed by atoms with Crippen LogP contribution in [0.25, 0.3) is 0 Å². The molecule has 1 aliphatic carbocycles. The summed E-state index contributed by atoms with van der Waals surface area (Å²) < 4.78 is 5.25. The number of amides is 1. The lowest BCUT2D eigenvalue weighted by Crippen LogP contribution is -2.46. The van der Waals surface area contributed by atoms with Gasteiger partial charge in [0.1, 0.15) is 16.7 Å². The molecule has 0 radical (unpaired) electrons. The topological polar surface area (TPSA) is 70.6 Å². The number of anilines is 2. The lowest BCUT2D eigenvalue weighted by Gasteiger charge is -2.36. The Morgan fingerprint density at radius 2 is 1.78 bits per heavy atom. The molecular weight excluding hydrogens is 446 g/mol. The third kappa shape index (κ3) is 6.19. The van der Waals surface area contributed by atoms with E-state index in [1.165, 1.54) is 36.7 Å². The van der Waals surface area contributed by atoms with Gasteiger partial charge < -0.3 is 19.9 Å². The maximum absolute atomic E-state index is 12.3. The first-order valence-electron chi connectivity index (χ1n) is 11.2. The number of halogens is 1. The summed E-state index contributed by atoms with van der Waals surface area (Å²) in [5.74, 6) is 2.02. The van der Waals surface area contributed by atoms with Crippen molar-refractivity contribution in [2.24, 2.45) is 0 Å². The van der Waals surface area contributed by atoms with Crippen LogP contribution >= 0.6 is 23.4 Å². The molecule has 7 nitrogen and oxygen atoms in total. The predicted octanol–water partition coefficient (Wildman–Crippen LogP) is 4.01. The SMILES string of the molecule is COc1ccc(N2CCN(c3cc(Cl)nc(SCC(=O)NC4CCCCC4)n3)CC2)cc1. The number of aromatic nitrogens is 2. The number of piperazine rings is 1. The van der Waals surface area contributed by atoms with Crippen LogP contribution in [0.4, 0.5) is 11.5 Å². The smallest absolute Gasteiger partial charge is 0.230 e. The molecule has 2 fully saturated rings. The van der Waals surface area contributed by atoms with E-state index in [1.54, 1.807) is 13.2 Å². The van der Waals surface area contributed by atoms with Crippen LogP contribution in [-0.4, -0.2) is 61.0 Å². The van der Waals surface area contributed by atoms with Crippen LogP contribution in [0, 0.1) is 0 Å². The van der Waals surface area contributed by atoms with E-state index >= 15 is 0 Å². The van der Waals surface area contributed by atoms with Crippen molar-refractivity contribution in [1.82, 2.24) is 15.3 Å². The summed E-state index contributed by atoms with van der Waals surface area (Å²) in [6.07, 6.45) is 5.83. The molecule has 0 atom stereocenters. The molecule has 0 unspecified atom stereocenters. The molecule has 2 aromatic rings. The van der Waals surface area contributed by atoms with E-state index in [4.69, 9.17) is 16.3 Å². The van der Waals surface area contributed by atoms with Gasteiger partial charge in [0.25, 0.3) is 0 Å². The molecule has 172 valence electrons. The number of benzene rings is 1. The summed E-state index contributed by atoms with van der Waals surface area (Å²) in [7, 11) is 1.68. The molecule has 1 saturated carbocycles. The third-order valence-corrected chi connectivity index (χ3v) is 7.05. The van der Waals surface area contributed by atoms with Crippen molar-refractivity contribution in [2.75, 3.05) is 48.8 Å². The van der Waals surface area contributed by atoms with E-state index in [2.05, 4.69) is 37.2 Å². The fourth-order valence-corrected chi connectivity index (χ4v) is 5.14. The number of carbonyl (C=O) groups excluding carboxylic acids is 1. The minimum Gasteiger partial charge on any atom is -0.497 e. The third-order valence-electron chi connectivity index (χ3n) is 6.00. The molecule has 0 bridgehead atoms. The lowest BCUT2D eigenvalue weighted by atomic mass is 9.95. The van der Waals surface area contributed by atoms with Gasteiger partial charge in [0.2, 0.25) is 5.91 Å². The normalized spacial score (nSPS) is 17.3. The standard InChI is InChI=1S/C23H30ClN5O2S/c1-31-19-9-7-18(8-10-19)28-11-13-29(14-12-28)21-15-20(24)26-23(27-21)32-16-22(30)25-17-5-3-2-4-6-17/h7-10,15,17H,2-6,11-14,16H2,1H3,(H,25,30). The number of nitrogens with zero attached hydrogens (tertiary/aromatic N) is 4. The second kappa shape index (κ2) is 11.1. The van der Waals surface area contributed by atoms with Crippen molar-refractivity contribution in [3.8, 4) is 5.75 Å². The van der Waals surface area contributed by atoms with Crippen molar-refractivity contribution in [3.05, 3.63) is 35.5 Å². The number of hydrogen-bond donors (Lipinski definition) is 1. The number of methoxy groups -OCH3 is 1.